The Morgan fingerprint density at radius 1 is 1.47 bits per heavy atom. The molecule has 1 fully saturated rings. The van der Waals surface area contributed by atoms with Gasteiger partial charge in [0.1, 0.15) is 11.9 Å². The zero-order valence-corrected chi connectivity index (χ0v) is 11.3. The number of nitrogens with zero attached hydrogens (tertiary/aromatic N) is 2. The molecule has 0 aliphatic heterocycles. The molecule has 1 aliphatic carbocycles. The molecule has 1 aliphatic rings. The van der Waals surface area contributed by atoms with Gasteiger partial charge in [0.2, 0.25) is 0 Å². The summed E-state index contributed by atoms with van der Waals surface area (Å²) in [7, 11) is 0. The van der Waals surface area contributed by atoms with Gasteiger partial charge in [-0.15, -0.1) is 0 Å². The molecule has 0 saturated heterocycles. The molecule has 1 heterocycles. The van der Waals surface area contributed by atoms with Gasteiger partial charge in [0, 0.05) is 12.2 Å². The molecule has 1 aromatic heterocycles. The van der Waals surface area contributed by atoms with Gasteiger partial charge >= 0.3 is 0 Å². The first kappa shape index (κ1) is 12.5. The van der Waals surface area contributed by atoms with Crippen LogP contribution in [0.3, 0.4) is 0 Å². The van der Waals surface area contributed by atoms with Crippen molar-refractivity contribution in [2.45, 2.75) is 45.3 Å². The van der Waals surface area contributed by atoms with Gasteiger partial charge in [0.15, 0.2) is 0 Å². The van der Waals surface area contributed by atoms with E-state index < -0.39 is 6.10 Å². The van der Waals surface area contributed by atoms with Crippen LogP contribution in [0.5, 0.6) is 0 Å². The molecule has 2 aromatic rings. The number of anilines is 1. The predicted octanol–water partition coefficient (Wildman–Crippen LogP) is 2.86. The number of aliphatic hydroxyl groups is 1. The van der Waals surface area contributed by atoms with E-state index in [0.717, 1.165) is 29.3 Å². The lowest BCUT2D eigenvalue weighted by Crippen LogP contribution is -2.15. The van der Waals surface area contributed by atoms with Crippen LogP contribution in [0.4, 0.5) is 5.69 Å². The zero-order valence-electron chi connectivity index (χ0n) is 11.3. The smallest absolute Gasteiger partial charge is 0.138 e. The van der Waals surface area contributed by atoms with Crippen molar-refractivity contribution < 1.29 is 5.11 Å². The van der Waals surface area contributed by atoms with Gasteiger partial charge in [0.25, 0.3) is 0 Å². The summed E-state index contributed by atoms with van der Waals surface area (Å²) in [6, 6.07) is 5.78. The normalized spacial score (nSPS) is 17.6. The van der Waals surface area contributed by atoms with E-state index in [1.54, 1.807) is 6.92 Å². The molecule has 3 rings (SSSR count). The van der Waals surface area contributed by atoms with Crippen LogP contribution in [-0.2, 0) is 6.54 Å². The van der Waals surface area contributed by atoms with Crippen molar-refractivity contribution in [3.05, 3.63) is 24.0 Å². The number of aliphatic hydroxyl groups excluding tert-OH is 1. The summed E-state index contributed by atoms with van der Waals surface area (Å²) in [6.07, 6.45) is 4.70. The number of nitrogen functional groups attached to an aromatic ring is 1. The summed E-state index contributed by atoms with van der Waals surface area (Å²) < 4.78 is 2.15. The molecule has 0 amide bonds. The standard InChI is InChI=1S/C15H21N3O/c1-10(19)15-17-13-9-12(16)5-6-14(13)18(15)8-7-11-3-2-4-11/h5-6,9-11,19H,2-4,7-8,16H2,1H3. The van der Waals surface area contributed by atoms with E-state index in [0.29, 0.717) is 5.69 Å². The van der Waals surface area contributed by atoms with E-state index in [1.165, 1.54) is 25.7 Å². The van der Waals surface area contributed by atoms with Crippen molar-refractivity contribution in [3.8, 4) is 0 Å². The van der Waals surface area contributed by atoms with Crippen LogP contribution in [-0.4, -0.2) is 14.7 Å². The van der Waals surface area contributed by atoms with Gasteiger partial charge in [-0.05, 0) is 37.5 Å². The van der Waals surface area contributed by atoms with Crippen molar-refractivity contribution in [2.24, 2.45) is 5.92 Å². The average Bonchev–Trinajstić information content (AvgIpc) is 2.65. The highest BCUT2D eigenvalue weighted by Crippen LogP contribution is 2.31. The minimum atomic E-state index is -0.546. The van der Waals surface area contributed by atoms with E-state index in [1.807, 2.05) is 18.2 Å². The quantitative estimate of drug-likeness (QED) is 0.830. The summed E-state index contributed by atoms with van der Waals surface area (Å²) >= 11 is 0. The SMILES string of the molecule is CC(O)c1nc2cc(N)ccc2n1CCC1CCC1. The Morgan fingerprint density at radius 3 is 2.89 bits per heavy atom. The van der Waals surface area contributed by atoms with Crippen molar-refractivity contribution in [1.82, 2.24) is 9.55 Å². The monoisotopic (exact) mass is 259 g/mol. The molecule has 4 nitrogen and oxygen atoms in total. The largest absolute Gasteiger partial charge is 0.399 e. The lowest BCUT2D eigenvalue weighted by molar-refractivity contribution is 0.182. The second-order valence-corrected chi connectivity index (χ2v) is 5.63. The third-order valence-electron chi connectivity index (χ3n) is 4.16. The summed E-state index contributed by atoms with van der Waals surface area (Å²) in [5.41, 5.74) is 8.47. The summed E-state index contributed by atoms with van der Waals surface area (Å²) in [5.74, 6) is 1.60. The van der Waals surface area contributed by atoms with Gasteiger partial charge in [-0.1, -0.05) is 19.3 Å². The highest BCUT2D eigenvalue weighted by Gasteiger charge is 2.20. The number of hydrogen-bond acceptors (Lipinski definition) is 3. The number of aryl methyl sites for hydroxylation is 1. The highest BCUT2D eigenvalue weighted by atomic mass is 16.3. The Morgan fingerprint density at radius 2 is 2.26 bits per heavy atom. The Labute approximate surface area is 113 Å². The molecule has 19 heavy (non-hydrogen) atoms. The highest BCUT2D eigenvalue weighted by molar-refractivity contribution is 5.79. The molecule has 4 heteroatoms. The molecule has 1 saturated carbocycles. The Kier molecular flexibility index (Phi) is 3.19. The molecule has 0 bridgehead atoms. The number of aromatic nitrogens is 2. The fourth-order valence-electron chi connectivity index (χ4n) is 2.81. The van der Waals surface area contributed by atoms with Crippen LogP contribution in [0.1, 0.15) is 44.5 Å². The van der Waals surface area contributed by atoms with Gasteiger partial charge in [0.05, 0.1) is 11.0 Å². The topological polar surface area (TPSA) is 64.1 Å². The second-order valence-electron chi connectivity index (χ2n) is 5.63. The first-order chi connectivity index (χ1) is 9.15. The van der Waals surface area contributed by atoms with Gasteiger partial charge in [-0.25, -0.2) is 4.98 Å². The summed E-state index contributed by atoms with van der Waals surface area (Å²) in [4.78, 5) is 4.53. The molecule has 1 atom stereocenters. The lowest BCUT2D eigenvalue weighted by atomic mass is 9.83. The number of rotatable bonds is 4. The van der Waals surface area contributed by atoms with Gasteiger partial charge in [-0.3, -0.25) is 0 Å². The molecular formula is C15H21N3O. The van der Waals surface area contributed by atoms with Gasteiger partial charge < -0.3 is 15.4 Å². The molecule has 0 spiro atoms. The minimum absolute atomic E-state index is 0.546. The number of imidazole rings is 1. The first-order valence-corrected chi connectivity index (χ1v) is 7.09. The molecule has 3 N–H and O–H groups in total. The van der Waals surface area contributed by atoms with E-state index in [-0.39, 0.29) is 0 Å². The molecular weight excluding hydrogens is 238 g/mol. The van der Waals surface area contributed by atoms with Crippen LogP contribution >= 0.6 is 0 Å². The second kappa shape index (κ2) is 4.85. The third kappa shape index (κ3) is 2.32. The van der Waals surface area contributed by atoms with E-state index in [2.05, 4.69) is 9.55 Å². The fraction of sp³-hybridized carbons (Fsp3) is 0.533. The molecule has 0 radical (unpaired) electrons. The van der Waals surface area contributed by atoms with Crippen molar-refractivity contribution in [2.75, 3.05) is 5.73 Å². The maximum Gasteiger partial charge on any atom is 0.138 e. The molecule has 1 unspecified atom stereocenters. The predicted molar refractivity (Wildman–Crippen MR) is 76.7 cm³/mol. The number of nitrogens with two attached hydrogens (primary N) is 1. The van der Waals surface area contributed by atoms with Crippen molar-refractivity contribution >= 4 is 16.7 Å². The maximum absolute atomic E-state index is 9.90. The third-order valence-corrected chi connectivity index (χ3v) is 4.16. The Bertz CT molecular complexity index is 584. The molecule has 102 valence electrons. The first-order valence-electron chi connectivity index (χ1n) is 7.09. The number of benzene rings is 1. The number of fused-ring (bicyclic) bond motifs is 1. The average molecular weight is 259 g/mol. The minimum Gasteiger partial charge on any atom is -0.399 e. The number of hydrogen-bond donors (Lipinski definition) is 2. The maximum atomic E-state index is 9.90. The van der Waals surface area contributed by atoms with Crippen molar-refractivity contribution in [3.63, 3.8) is 0 Å². The lowest BCUT2D eigenvalue weighted by Gasteiger charge is -2.25. The van der Waals surface area contributed by atoms with Crippen LogP contribution in [0.15, 0.2) is 18.2 Å². The molecule has 1 aromatic carbocycles. The van der Waals surface area contributed by atoms with Gasteiger partial charge in [-0.2, -0.15) is 0 Å². The van der Waals surface area contributed by atoms with E-state index >= 15 is 0 Å². The Hall–Kier alpha value is -1.55. The Balaban J connectivity index is 1.95. The van der Waals surface area contributed by atoms with Crippen LogP contribution < -0.4 is 5.73 Å². The van der Waals surface area contributed by atoms with E-state index in [9.17, 15) is 5.11 Å². The van der Waals surface area contributed by atoms with E-state index in [4.69, 9.17) is 5.73 Å². The van der Waals surface area contributed by atoms with Crippen LogP contribution in [0.2, 0.25) is 0 Å². The van der Waals surface area contributed by atoms with Crippen LogP contribution in [0, 0.1) is 5.92 Å². The van der Waals surface area contributed by atoms with Crippen molar-refractivity contribution in [1.29, 1.82) is 0 Å². The van der Waals surface area contributed by atoms with Crippen LogP contribution in [0.25, 0.3) is 11.0 Å². The zero-order chi connectivity index (χ0) is 13.4. The summed E-state index contributed by atoms with van der Waals surface area (Å²) in [6.45, 7) is 2.70. The fourth-order valence-corrected chi connectivity index (χ4v) is 2.81. The summed E-state index contributed by atoms with van der Waals surface area (Å²) in [5, 5.41) is 9.90.